The predicted molar refractivity (Wildman–Crippen MR) is 104 cm³/mol. The topological polar surface area (TPSA) is 71.1 Å². The minimum Gasteiger partial charge on any atom is -0.347 e. The van der Waals surface area contributed by atoms with E-state index in [4.69, 9.17) is 0 Å². The molecule has 2 aromatic carbocycles. The van der Waals surface area contributed by atoms with Gasteiger partial charge < -0.3 is 10.6 Å². The Morgan fingerprint density at radius 2 is 1.71 bits per heavy atom. The van der Waals surface area contributed by atoms with Gasteiger partial charge in [0.25, 0.3) is 11.8 Å². The Hall–Kier alpha value is -3.54. The van der Waals surface area contributed by atoms with Crippen molar-refractivity contribution in [1.29, 1.82) is 0 Å². The van der Waals surface area contributed by atoms with Crippen LogP contribution in [0.4, 0.5) is 4.39 Å². The van der Waals surface area contributed by atoms with Crippen LogP contribution in [0.3, 0.4) is 0 Å². The minimum absolute atomic E-state index is 0.0364. The lowest BCUT2D eigenvalue weighted by Crippen LogP contribution is -2.28. The molecule has 0 spiro atoms. The van der Waals surface area contributed by atoms with Gasteiger partial charge in [0.1, 0.15) is 11.5 Å². The average Bonchev–Trinajstić information content (AvgIpc) is 2.73. The standard InChI is InChI=1S/C22H20FN3O2/c1-15(16-7-3-2-4-8-16)26-21(27)17-11-12-24-20(13-17)22(28)25-14-18-9-5-6-10-19(18)23/h2-13,15H,14H2,1H3,(H,25,28)(H,26,27). The van der Waals surface area contributed by atoms with Crippen molar-refractivity contribution in [2.45, 2.75) is 19.5 Å². The van der Waals surface area contributed by atoms with Gasteiger partial charge in [0, 0.05) is 23.9 Å². The van der Waals surface area contributed by atoms with Crippen molar-refractivity contribution in [1.82, 2.24) is 15.6 Å². The highest BCUT2D eigenvalue weighted by Crippen LogP contribution is 2.13. The molecule has 0 saturated carbocycles. The average molecular weight is 377 g/mol. The molecule has 1 atom stereocenters. The number of nitrogens with one attached hydrogen (secondary N) is 2. The zero-order valence-electron chi connectivity index (χ0n) is 15.4. The quantitative estimate of drug-likeness (QED) is 0.689. The summed E-state index contributed by atoms with van der Waals surface area (Å²) in [5.41, 5.74) is 1.78. The Morgan fingerprint density at radius 3 is 2.46 bits per heavy atom. The van der Waals surface area contributed by atoms with Gasteiger partial charge in [0.15, 0.2) is 0 Å². The number of pyridine rings is 1. The lowest BCUT2D eigenvalue weighted by Gasteiger charge is -2.14. The zero-order chi connectivity index (χ0) is 19.9. The molecule has 3 rings (SSSR count). The second-order valence-electron chi connectivity index (χ2n) is 6.31. The molecule has 2 N–H and O–H groups in total. The summed E-state index contributed by atoms with van der Waals surface area (Å²) in [5, 5.41) is 5.51. The van der Waals surface area contributed by atoms with Crippen LogP contribution in [0.5, 0.6) is 0 Å². The minimum atomic E-state index is -0.478. The van der Waals surface area contributed by atoms with Gasteiger partial charge in [-0.1, -0.05) is 48.5 Å². The van der Waals surface area contributed by atoms with E-state index < -0.39 is 11.7 Å². The number of nitrogens with zero attached hydrogens (tertiary/aromatic N) is 1. The smallest absolute Gasteiger partial charge is 0.270 e. The van der Waals surface area contributed by atoms with Crippen LogP contribution in [0.2, 0.25) is 0 Å². The van der Waals surface area contributed by atoms with Gasteiger partial charge in [-0.3, -0.25) is 14.6 Å². The fourth-order valence-corrected chi connectivity index (χ4v) is 2.71. The number of benzene rings is 2. The molecule has 28 heavy (non-hydrogen) atoms. The molecule has 1 heterocycles. The molecule has 142 valence electrons. The molecule has 2 amide bonds. The summed E-state index contributed by atoms with van der Waals surface area (Å²) < 4.78 is 13.7. The number of amides is 2. The number of hydrogen-bond donors (Lipinski definition) is 2. The van der Waals surface area contributed by atoms with Crippen LogP contribution in [0.25, 0.3) is 0 Å². The maximum atomic E-state index is 13.7. The first-order valence-corrected chi connectivity index (χ1v) is 8.88. The molecule has 5 nitrogen and oxygen atoms in total. The Balaban J connectivity index is 1.65. The zero-order valence-corrected chi connectivity index (χ0v) is 15.4. The highest BCUT2D eigenvalue weighted by Gasteiger charge is 2.15. The molecule has 0 radical (unpaired) electrons. The van der Waals surface area contributed by atoms with Gasteiger partial charge in [-0.2, -0.15) is 0 Å². The molecular formula is C22H20FN3O2. The Bertz CT molecular complexity index is 976. The Morgan fingerprint density at radius 1 is 1.00 bits per heavy atom. The second-order valence-corrected chi connectivity index (χ2v) is 6.31. The van der Waals surface area contributed by atoms with Crippen molar-refractivity contribution in [2.75, 3.05) is 0 Å². The van der Waals surface area contributed by atoms with Crippen LogP contribution in [0.1, 0.15) is 44.9 Å². The van der Waals surface area contributed by atoms with Crippen LogP contribution in [0.15, 0.2) is 72.9 Å². The van der Waals surface area contributed by atoms with E-state index in [-0.39, 0.29) is 24.2 Å². The molecule has 1 unspecified atom stereocenters. The molecule has 3 aromatic rings. The largest absolute Gasteiger partial charge is 0.347 e. The first-order chi connectivity index (χ1) is 13.5. The summed E-state index contributed by atoms with van der Waals surface area (Å²) in [5.74, 6) is -1.17. The van der Waals surface area contributed by atoms with Gasteiger partial charge in [-0.05, 0) is 30.7 Å². The van der Waals surface area contributed by atoms with Crippen molar-refractivity contribution in [3.05, 3.63) is 101 Å². The number of carbonyl (C=O) groups is 2. The summed E-state index contributed by atoms with van der Waals surface area (Å²) in [6.07, 6.45) is 1.40. The fraction of sp³-hybridized carbons (Fsp3) is 0.136. The third-order valence-corrected chi connectivity index (χ3v) is 4.30. The van der Waals surface area contributed by atoms with Crippen LogP contribution in [-0.4, -0.2) is 16.8 Å². The SMILES string of the molecule is CC(NC(=O)c1ccnc(C(=O)NCc2ccccc2F)c1)c1ccccc1. The van der Waals surface area contributed by atoms with E-state index in [1.165, 1.54) is 18.3 Å². The highest BCUT2D eigenvalue weighted by molar-refractivity contribution is 5.98. The van der Waals surface area contributed by atoms with Crippen molar-refractivity contribution in [3.8, 4) is 0 Å². The number of aromatic nitrogens is 1. The summed E-state index contributed by atoms with van der Waals surface area (Å²) in [7, 11) is 0. The van der Waals surface area contributed by atoms with E-state index in [1.807, 2.05) is 37.3 Å². The van der Waals surface area contributed by atoms with Crippen molar-refractivity contribution >= 4 is 11.8 Å². The van der Waals surface area contributed by atoms with Crippen LogP contribution in [-0.2, 0) is 6.54 Å². The van der Waals surface area contributed by atoms with Crippen LogP contribution >= 0.6 is 0 Å². The second kappa shape index (κ2) is 8.90. The summed E-state index contributed by atoms with van der Waals surface area (Å²) in [6.45, 7) is 1.92. The van der Waals surface area contributed by atoms with Crippen LogP contribution in [0, 0.1) is 5.82 Å². The van der Waals surface area contributed by atoms with Crippen LogP contribution < -0.4 is 10.6 Å². The van der Waals surface area contributed by atoms with Gasteiger partial charge in [-0.15, -0.1) is 0 Å². The highest BCUT2D eigenvalue weighted by atomic mass is 19.1. The molecule has 0 saturated heterocycles. The van der Waals surface area contributed by atoms with Gasteiger partial charge in [0.05, 0.1) is 6.04 Å². The number of carbonyl (C=O) groups excluding carboxylic acids is 2. The third kappa shape index (κ3) is 4.79. The number of halogens is 1. The van der Waals surface area contributed by atoms with E-state index in [2.05, 4.69) is 15.6 Å². The molecular weight excluding hydrogens is 357 g/mol. The molecule has 6 heteroatoms. The molecule has 0 aliphatic heterocycles. The number of hydrogen-bond acceptors (Lipinski definition) is 3. The van der Waals surface area contributed by atoms with E-state index in [9.17, 15) is 14.0 Å². The van der Waals surface area contributed by atoms with Gasteiger partial charge in [0.2, 0.25) is 0 Å². The lowest BCUT2D eigenvalue weighted by atomic mass is 10.1. The van der Waals surface area contributed by atoms with E-state index in [0.717, 1.165) is 5.56 Å². The monoisotopic (exact) mass is 377 g/mol. The molecule has 0 aliphatic rings. The maximum Gasteiger partial charge on any atom is 0.270 e. The van der Waals surface area contributed by atoms with Crippen molar-refractivity contribution in [2.24, 2.45) is 0 Å². The van der Waals surface area contributed by atoms with Crippen molar-refractivity contribution in [3.63, 3.8) is 0 Å². The molecule has 1 aromatic heterocycles. The third-order valence-electron chi connectivity index (χ3n) is 4.30. The number of rotatable bonds is 6. The maximum absolute atomic E-state index is 13.7. The van der Waals surface area contributed by atoms with E-state index in [1.54, 1.807) is 24.3 Å². The van der Waals surface area contributed by atoms with E-state index in [0.29, 0.717) is 11.1 Å². The normalized spacial score (nSPS) is 11.5. The summed E-state index contributed by atoms with van der Waals surface area (Å²) >= 11 is 0. The van der Waals surface area contributed by atoms with Crippen molar-refractivity contribution < 1.29 is 14.0 Å². The molecule has 0 aliphatic carbocycles. The summed E-state index contributed by atoms with van der Waals surface area (Å²) in [6, 6.07) is 18.6. The Kier molecular flexibility index (Phi) is 6.11. The fourth-order valence-electron chi connectivity index (χ4n) is 2.71. The first kappa shape index (κ1) is 19.2. The predicted octanol–water partition coefficient (Wildman–Crippen LogP) is 3.64. The van der Waals surface area contributed by atoms with Gasteiger partial charge in [-0.25, -0.2) is 4.39 Å². The van der Waals surface area contributed by atoms with E-state index >= 15 is 0 Å². The van der Waals surface area contributed by atoms with Gasteiger partial charge >= 0.3 is 0 Å². The Labute approximate surface area is 162 Å². The molecule has 0 bridgehead atoms. The molecule has 0 fully saturated rings. The first-order valence-electron chi connectivity index (χ1n) is 8.88. The lowest BCUT2D eigenvalue weighted by molar-refractivity contribution is 0.0939. The summed E-state index contributed by atoms with van der Waals surface area (Å²) in [4.78, 5) is 28.8.